The lowest BCUT2D eigenvalue weighted by atomic mass is 10.0. The summed E-state index contributed by atoms with van der Waals surface area (Å²) in [5, 5.41) is 9.77. The van der Waals surface area contributed by atoms with Crippen molar-refractivity contribution in [1.82, 2.24) is 0 Å². The van der Waals surface area contributed by atoms with Crippen LogP contribution in [-0.2, 0) is 13.8 Å². The molecule has 0 aliphatic heterocycles. The van der Waals surface area contributed by atoms with E-state index in [2.05, 4.69) is 0 Å². The van der Waals surface area contributed by atoms with Crippen molar-refractivity contribution in [2.24, 2.45) is 0 Å². The number of halogens is 2. The second-order valence-electron chi connectivity index (χ2n) is 4.32. The lowest BCUT2D eigenvalue weighted by molar-refractivity contribution is -0.130. The Morgan fingerprint density at radius 2 is 1.64 bits per heavy atom. The van der Waals surface area contributed by atoms with E-state index in [-0.39, 0.29) is 16.0 Å². The maximum atomic E-state index is 11.6. The average Bonchev–Trinajstić information content (AvgIpc) is 2.45. The van der Waals surface area contributed by atoms with Crippen LogP contribution in [0.4, 0.5) is 0 Å². The van der Waals surface area contributed by atoms with Gasteiger partial charge in [-0.05, 0) is 23.8 Å². The maximum absolute atomic E-state index is 11.6. The van der Waals surface area contributed by atoms with Gasteiger partial charge in [-0.15, -0.1) is 0 Å². The highest BCUT2D eigenvalue weighted by atomic mass is 35.7. The van der Waals surface area contributed by atoms with Crippen LogP contribution < -0.4 is 0 Å². The van der Waals surface area contributed by atoms with Crippen LogP contribution in [0.1, 0.15) is 11.1 Å². The van der Waals surface area contributed by atoms with Crippen LogP contribution >= 0.6 is 22.3 Å². The van der Waals surface area contributed by atoms with Crippen molar-refractivity contribution in [3.05, 3.63) is 64.7 Å². The first-order valence-electron chi connectivity index (χ1n) is 6.04. The van der Waals surface area contributed by atoms with E-state index >= 15 is 0 Å². The topological polar surface area (TPSA) is 71.4 Å². The van der Waals surface area contributed by atoms with Crippen LogP contribution in [0.25, 0.3) is 11.6 Å². The molecule has 0 aliphatic carbocycles. The first-order chi connectivity index (χ1) is 10.3. The largest absolute Gasteiger partial charge is 0.478 e. The Morgan fingerprint density at radius 1 is 1.05 bits per heavy atom. The Hall–Kier alpha value is -1.82. The molecule has 0 bridgehead atoms. The van der Waals surface area contributed by atoms with Crippen molar-refractivity contribution in [2.45, 2.75) is 4.90 Å². The van der Waals surface area contributed by atoms with Gasteiger partial charge in [-0.1, -0.05) is 48.0 Å². The van der Waals surface area contributed by atoms with Gasteiger partial charge in [0.15, 0.2) is 0 Å². The number of carboxylic acid groups (broad SMARTS) is 1. The van der Waals surface area contributed by atoms with Crippen molar-refractivity contribution in [3.63, 3.8) is 0 Å². The molecule has 0 heterocycles. The quantitative estimate of drug-likeness (QED) is 0.512. The van der Waals surface area contributed by atoms with E-state index in [1.54, 1.807) is 24.3 Å². The minimum atomic E-state index is -4.08. The van der Waals surface area contributed by atoms with E-state index in [1.165, 1.54) is 30.3 Å². The molecule has 4 nitrogen and oxygen atoms in total. The zero-order valence-corrected chi connectivity index (χ0v) is 13.4. The molecule has 2 aromatic carbocycles. The molecule has 0 radical (unpaired) electrons. The monoisotopic (exact) mass is 356 g/mol. The van der Waals surface area contributed by atoms with Gasteiger partial charge < -0.3 is 5.11 Å². The Labute approximate surface area is 137 Å². The molecule has 2 rings (SSSR count). The summed E-state index contributed by atoms with van der Waals surface area (Å²) in [5.41, 5.74) is 0.251. The highest BCUT2D eigenvalue weighted by Gasteiger charge is 2.21. The predicted molar refractivity (Wildman–Crippen MR) is 86.4 cm³/mol. The fourth-order valence-corrected chi connectivity index (χ4v) is 3.18. The summed E-state index contributed by atoms with van der Waals surface area (Å²) in [5.74, 6) is -1.28. The molecule has 22 heavy (non-hydrogen) atoms. The second-order valence-corrected chi connectivity index (χ2v) is 7.26. The Balaban J connectivity index is 2.71. The molecular formula is C15H10Cl2O4S. The van der Waals surface area contributed by atoms with Crippen LogP contribution in [0, 0.1) is 0 Å². The molecule has 7 heteroatoms. The van der Waals surface area contributed by atoms with Crippen LogP contribution in [0.3, 0.4) is 0 Å². The SMILES string of the molecule is O=C(O)/C(=C/c1ccccc1Cl)c1ccccc1S(=O)(=O)Cl. The van der Waals surface area contributed by atoms with Gasteiger partial charge in [0.1, 0.15) is 0 Å². The lowest BCUT2D eigenvalue weighted by Crippen LogP contribution is -2.04. The molecule has 0 atom stereocenters. The third kappa shape index (κ3) is 3.68. The number of carboxylic acids is 1. The van der Waals surface area contributed by atoms with Gasteiger partial charge in [-0.3, -0.25) is 0 Å². The molecule has 0 amide bonds. The average molecular weight is 357 g/mol. The smallest absolute Gasteiger partial charge is 0.336 e. The number of aliphatic carboxylic acids is 1. The summed E-state index contributed by atoms with van der Waals surface area (Å²) in [6.07, 6.45) is 1.31. The molecular weight excluding hydrogens is 347 g/mol. The summed E-state index contributed by atoms with van der Waals surface area (Å²) >= 11 is 6.01. The van der Waals surface area contributed by atoms with E-state index in [1.807, 2.05) is 0 Å². The van der Waals surface area contributed by atoms with Gasteiger partial charge in [0.25, 0.3) is 9.05 Å². The minimum Gasteiger partial charge on any atom is -0.478 e. The molecule has 2 aromatic rings. The molecule has 114 valence electrons. The van der Waals surface area contributed by atoms with E-state index in [9.17, 15) is 18.3 Å². The molecule has 0 aliphatic rings. The third-order valence-electron chi connectivity index (χ3n) is 2.88. The summed E-state index contributed by atoms with van der Waals surface area (Å²) in [4.78, 5) is 11.3. The van der Waals surface area contributed by atoms with Gasteiger partial charge in [0, 0.05) is 21.3 Å². The van der Waals surface area contributed by atoms with Gasteiger partial charge in [-0.25, -0.2) is 13.2 Å². The fourth-order valence-electron chi connectivity index (χ4n) is 1.90. The molecule has 0 saturated carbocycles. The predicted octanol–water partition coefficient (Wildman–Crippen LogP) is 3.89. The number of hydrogen-bond acceptors (Lipinski definition) is 3. The highest BCUT2D eigenvalue weighted by Crippen LogP contribution is 2.29. The maximum Gasteiger partial charge on any atom is 0.336 e. The number of benzene rings is 2. The number of rotatable bonds is 4. The number of carbonyl (C=O) groups is 1. The van der Waals surface area contributed by atoms with Gasteiger partial charge >= 0.3 is 5.97 Å². The molecule has 0 unspecified atom stereocenters. The highest BCUT2D eigenvalue weighted by molar-refractivity contribution is 8.13. The lowest BCUT2D eigenvalue weighted by Gasteiger charge is -2.08. The standard InChI is InChI=1S/C15H10Cl2O4S/c16-13-7-3-1-5-10(13)9-12(15(18)19)11-6-2-4-8-14(11)22(17,20)21/h1-9H,(H,18,19)/b12-9+. The molecule has 1 N–H and O–H groups in total. The zero-order chi connectivity index (χ0) is 16.3. The van der Waals surface area contributed by atoms with Crippen LogP contribution in [0.2, 0.25) is 5.02 Å². The Morgan fingerprint density at radius 3 is 2.23 bits per heavy atom. The minimum absolute atomic E-state index is 0.00456. The van der Waals surface area contributed by atoms with Crippen LogP contribution in [0.5, 0.6) is 0 Å². The van der Waals surface area contributed by atoms with Crippen molar-refractivity contribution in [3.8, 4) is 0 Å². The number of hydrogen-bond donors (Lipinski definition) is 1. The molecule has 0 saturated heterocycles. The van der Waals surface area contributed by atoms with E-state index in [0.717, 1.165) is 0 Å². The van der Waals surface area contributed by atoms with Crippen molar-refractivity contribution in [2.75, 3.05) is 0 Å². The Bertz CT molecular complexity index is 857. The van der Waals surface area contributed by atoms with Gasteiger partial charge in [-0.2, -0.15) is 0 Å². The van der Waals surface area contributed by atoms with Crippen molar-refractivity contribution in [1.29, 1.82) is 0 Å². The fraction of sp³-hybridized carbons (Fsp3) is 0. The summed E-state index contributed by atoms with van der Waals surface area (Å²) in [7, 11) is 1.29. The zero-order valence-electron chi connectivity index (χ0n) is 11.0. The molecule has 0 fully saturated rings. The first kappa shape index (κ1) is 16.5. The van der Waals surface area contributed by atoms with Gasteiger partial charge in [0.2, 0.25) is 0 Å². The van der Waals surface area contributed by atoms with E-state index in [4.69, 9.17) is 22.3 Å². The third-order valence-corrected chi connectivity index (χ3v) is 4.60. The van der Waals surface area contributed by atoms with Crippen molar-refractivity contribution < 1.29 is 18.3 Å². The van der Waals surface area contributed by atoms with Gasteiger partial charge in [0.05, 0.1) is 10.5 Å². The van der Waals surface area contributed by atoms with Crippen LogP contribution in [-0.4, -0.2) is 19.5 Å². The summed E-state index contributed by atoms with van der Waals surface area (Å²) in [6.45, 7) is 0. The molecule has 0 spiro atoms. The summed E-state index contributed by atoms with van der Waals surface area (Å²) < 4.78 is 23.2. The second kappa shape index (κ2) is 6.52. The first-order valence-corrected chi connectivity index (χ1v) is 8.73. The Kier molecular flexibility index (Phi) is 4.90. The van der Waals surface area contributed by atoms with Crippen molar-refractivity contribution >= 4 is 49.0 Å². The normalized spacial score (nSPS) is 12.2. The van der Waals surface area contributed by atoms with E-state index in [0.29, 0.717) is 10.6 Å². The van der Waals surface area contributed by atoms with E-state index < -0.39 is 15.0 Å². The van der Waals surface area contributed by atoms with Crippen LogP contribution in [0.15, 0.2) is 53.4 Å². The molecule has 0 aromatic heterocycles. The summed E-state index contributed by atoms with van der Waals surface area (Å²) in [6, 6.07) is 12.3.